The SMILES string of the molecule is Nc1ccc2c(c1)N(C(=O)c1ccccc1F)CCC2. The average molecular weight is 270 g/mol. The number of carbonyl (C=O) groups excluding carboxylic acids is 1. The number of benzene rings is 2. The van der Waals surface area contributed by atoms with Gasteiger partial charge in [-0.15, -0.1) is 0 Å². The highest BCUT2D eigenvalue weighted by atomic mass is 19.1. The van der Waals surface area contributed by atoms with Crippen molar-refractivity contribution in [3.05, 3.63) is 59.4 Å². The molecule has 0 aromatic heterocycles. The Labute approximate surface area is 116 Å². The molecule has 1 amide bonds. The van der Waals surface area contributed by atoms with Gasteiger partial charge >= 0.3 is 0 Å². The maximum Gasteiger partial charge on any atom is 0.261 e. The van der Waals surface area contributed by atoms with Crippen LogP contribution in [0.15, 0.2) is 42.5 Å². The lowest BCUT2D eigenvalue weighted by Crippen LogP contribution is -2.36. The number of nitrogens with two attached hydrogens (primary N) is 1. The van der Waals surface area contributed by atoms with Crippen LogP contribution in [0.5, 0.6) is 0 Å². The van der Waals surface area contributed by atoms with E-state index in [1.807, 2.05) is 12.1 Å². The second-order valence-electron chi connectivity index (χ2n) is 4.93. The van der Waals surface area contributed by atoms with Gasteiger partial charge in [-0.3, -0.25) is 4.79 Å². The molecule has 0 radical (unpaired) electrons. The summed E-state index contributed by atoms with van der Waals surface area (Å²) < 4.78 is 13.8. The molecule has 0 spiro atoms. The largest absolute Gasteiger partial charge is 0.399 e. The zero-order chi connectivity index (χ0) is 14.1. The fourth-order valence-corrected chi connectivity index (χ4v) is 2.58. The summed E-state index contributed by atoms with van der Waals surface area (Å²) in [5.41, 5.74) is 8.38. The molecule has 3 rings (SSSR count). The van der Waals surface area contributed by atoms with Crippen LogP contribution in [0, 0.1) is 5.82 Å². The number of aryl methyl sites for hydroxylation is 1. The van der Waals surface area contributed by atoms with Crippen LogP contribution < -0.4 is 10.6 Å². The van der Waals surface area contributed by atoms with Gasteiger partial charge in [0.1, 0.15) is 5.82 Å². The predicted molar refractivity (Wildman–Crippen MR) is 77.3 cm³/mol. The average Bonchev–Trinajstić information content (AvgIpc) is 2.46. The number of hydrogen-bond donors (Lipinski definition) is 1. The van der Waals surface area contributed by atoms with Gasteiger partial charge in [-0.2, -0.15) is 0 Å². The molecule has 0 bridgehead atoms. The number of halogens is 1. The number of hydrogen-bond acceptors (Lipinski definition) is 2. The summed E-state index contributed by atoms with van der Waals surface area (Å²) in [5.74, 6) is -0.803. The number of rotatable bonds is 1. The second-order valence-corrected chi connectivity index (χ2v) is 4.93. The van der Waals surface area contributed by atoms with E-state index in [1.54, 1.807) is 23.1 Å². The smallest absolute Gasteiger partial charge is 0.261 e. The monoisotopic (exact) mass is 270 g/mol. The first kappa shape index (κ1) is 12.7. The van der Waals surface area contributed by atoms with Crippen LogP contribution >= 0.6 is 0 Å². The quantitative estimate of drug-likeness (QED) is 0.810. The van der Waals surface area contributed by atoms with E-state index in [0.29, 0.717) is 12.2 Å². The molecule has 1 heterocycles. The Morgan fingerprint density at radius 2 is 2.00 bits per heavy atom. The lowest BCUT2D eigenvalue weighted by atomic mass is 10.00. The van der Waals surface area contributed by atoms with Gasteiger partial charge in [-0.25, -0.2) is 4.39 Å². The molecule has 0 atom stereocenters. The number of fused-ring (bicyclic) bond motifs is 1. The first-order valence-corrected chi connectivity index (χ1v) is 6.61. The summed E-state index contributed by atoms with van der Waals surface area (Å²) in [6, 6.07) is 11.6. The predicted octanol–water partition coefficient (Wildman–Crippen LogP) is 3.00. The standard InChI is InChI=1S/C16H15FN2O/c17-14-6-2-1-5-13(14)16(20)19-9-3-4-11-7-8-12(18)10-15(11)19/h1-2,5-8,10H,3-4,9,18H2. The Morgan fingerprint density at radius 3 is 2.80 bits per heavy atom. The number of carbonyl (C=O) groups is 1. The molecule has 2 N–H and O–H groups in total. The molecule has 20 heavy (non-hydrogen) atoms. The van der Waals surface area contributed by atoms with Crippen LogP contribution in [-0.4, -0.2) is 12.5 Å². The van der Waals surface area contributed by atoms with E-state index < -0.39 is 5.82 Å². The number of amides is 1. The van der Waals surface area contributed by atoms with E-state index in [4.69, 9.17) is 5.73 Å². The topological polar surface area (TPSA) is 46.3 Å². The molecule has 102 valence electrons. The Bertz CT molecular complexity index is 669. The van der Waals surface area contributed by atoms with Gasteiger partial charge < -0.3 is 10.6 Å². The van der Waals surface area contributed by atoms with Gasteiger partial charge in [-0.05, 0) is 42.7 Å². The fraction of sp³-hybridized carbons (Fsp3) is 0.188. The lowest BCUT2D eigenvalue weighted by Gasteiger charge is -2.30. The normalized spacial score (nSPS) is 13.9. The minimum Gasteiger partial charge on any atom is -0.399 e. The minimum atomic E-state index is -0.492. The molecular weight excluding hydrogens is 255 g/mol. The van der Waals surface area contributed by atoms with E-state index in [9.17, 15) is 9.18 Å². The summed E-state index contributed by atoms with van der Waals surface area (Å²) in [6.45, 7) is 0.587. The zero-order valence-electron chi connectivity index (χ0n) is 11.0. The Balaban J connectivity index is 2.03. The molecule has 0 aliphatic carbocycles. The van der Waals surface area contributed by atoms with E-state index in [-0.39, 0.29) is 11.5 Å². The van der Waals surface area contributed by atoms with Crippen molar-refractivity contribution < 1.29 is 9.18 Å². The first-order valence-electron chi connectivity index (χ1n) is 6.61. The molecule has 4 heteroatoms. The van der Waals surface area contributed by atoms with Crippen molar-refractivity contribution in [2.75, 3.05) is 17.2 Å². The van der Waals surface area contributed by atoms with Gasteiger partial charge in [0.2, 0.25) is 0 Å². The van der Waals surface area contributed by atoms with Crippen LogP contribution in [0.3, 0.4) is 0 Å². The Kier molecular flexibility index (Phi) is 3.14. The van der Waals surface area contributed by atoms with Crippen LogP contribution in [0.2, 0.25) is 0 Å². The Morgan fingerprint density at radius 1 is 1.20 bits per heavy atom. The second kappa shape index (κ2) is 4.96. The molecule has 3 nitrogen and oxygen atoms in total. The van der Waals surface area contributed by atoms with Crippen molar-refractivity contribution in [3.8, 4) is 0 Å². The third-order valence-corrected chi connectivity index (χ3v) is 3.58. The molecular formula is C16H15FN2O. The zero-order valence-corrected chi connectivity index (χ0v) is 11.0. The van der Waals surface area contributed by atoms with Crippen molar-refractivity contribution in [2.45, 2.75) is 12.8 Å². The lowest BCUT2D eigenvalue weighted by molar-refractivity contribution is 0.0981. The van der Waals surface area contributed by atoms with Crippen molar-refractivity contribution in [2.24, 2.45) is 0 Å². The van der Waals surface area contributed by atoms with E-state index in [2.05, 4.69) is 0 Å². The highest BCUT2D eigenvalue weighted by Gasteiger charge is 2.25. The van der Waals surface area contributed by atoms with Crippen molar-refractivity contribution in [3.63, 3.8) is 0 Å². The molecule has 0 unspecified atom stereocenters. The van der Waals surface area contributed by atoms with Gasteiger partial charge in [0, 0.05) is 17.9 Å². The molecule has 1 aliphatic heterocycles. The number of anilines is 2. The molecule has 2 aromatic rings. The summed E-state index contributed by atoms with van der Waals surface area (Å²) in [4.78, 5) is 14.2. The van der Waals surface area contributed by atoms with Gasteiger partial charge in [0.05, 0.1) is 5.56 Å². The third kappa shape index (κ3) is 2.13. The Hall–Kier alpha value is -2.36. The molecule has 2 aromatic carbocycles. The van der Waals surface area contributed by atoms with Crippen LogP contribution in [0.4, 0.5) is 15.8 Å². The van der Waals surface area contributed by atoms with Crippen molar-refractivity contribution in [1.29, 1.82) is 0 Å². The summed E-state index contributed by atoms with van der Waals surface area (Å²) >= 11 is 0. The van der Waals surface area contributed by atoms with Crippen LogP contribution in [0.25, 0.3) is 0 Å². The van der Waals surface area contributed by atoms with E-state index in [0.717, 1.165) is 24.1 Å². The molecule has 0 saturated carbocycles. The van der Waals surface area contributed by atoms with Crippen molar-refractivity contribution in [1.82, 2.24) is 0 Å². The molecule has 0 saturated heterocycles. The fourth-order valence-electron chi connectivity index (χ4n) is 2.58. The van der Waals surface area contributed by atoms with E-state index >= 15 is 0 Å². The van der Waals surface area contributed by atoms with Crippen LogP contribution in [0.1, 0.15) is 22.3 Å². The highest BCUT2D eigenvalue weighted by Crippen LogP contribution is 2.30. The maximum atomic E-state index is 13.8. The van der Waals surface area contributed by atoms with Crippen molar-refractivity contribution >= 4 is 17.3 Å². The first-order chi connectivity index (χ1) is 9.66. The number of nitrogens with zero attached hydrogens (tertiary/aromatic N) is 1. The summed E-state index contributed by atoms with van der Waals surface area (Å²) in [6.07, 6.45) is 1.79. The molecule has 0 fully saturated rings. The summed E-state index contributed by atoms with van der Waals surface area (Å²) in [5, 5.41) is 0. The van der Waals surface area contributed by atoms with Gasteiger partial charge in [-0.1, -0.05) is 18.2 Å². The molecule has 1 aliphatic rings. The third-order valence-electron chi connectivity index (χ3n) is 3.58. The minimum absolute atomic E-state index is 0.0998. The maximum absolute atomic E-state index is 13.8. The highest BCUT2D eigenvalue weighted by molar-refractivity contribution is 6.07. The van der Waals surface area contributed by atoms with E-state index in [1.165, 1.54) is 12.1 Å². The van der Waals surface area contributed by atoms with Gasteiger partial charge in [0.15, 0.2) is 0 Å². The number of nitrogen functional groups attached to an aromatic ring is 1. The van der Waals surface area contributed by atoms with Gasteiger partial charge in [0.25, 0.3) is 5.91 Å². The van der Waals surface area contributed by atoms with Crippen LogP contribution in [-0.2, 0) is 6.42 Å². The summed E-state index contributed by atoms with van der Waals surface area (Å²) in [7, 11) is 0.